The van der Waals surface area contributed by atoms with Gasteiger partial charge in [0.2, 0.25) is 11.8 Å². The van der Waals surface area contributed by atoms with Crippen molar-refractivity contribution in [2.75, 3.05) is 37.2 Å². The number of rotatable bonds is 9. The number of halogens is 2. The molecule has 272 valence electrons. The Morgan fingerprint density at radius 3 is 2.75 bits per heavy atom. The van der Waals surface area contributed by atoms with Crippen molar-refractivity contribution >= 4 is 69.9 Å². The second kappa shape index (κ2) is 16.7. The first kappa shape index (κ1) is 37.7. The molecule has 0 saturated carbocycles. The third-order valence-corrected chi connectivity index (χ3v) is 12.2. The van der Waals surface area contributed by atoms with Crippen molar-refractivity contribution in [1.29, 1.82) is 0 Å². The molecule has 2 atom stereocenters. The van der Waals surface area contributed by atoms with Crippen LogP contribution in [0.4, 0.5) is 10.5 Å². The minimum absolute atomic E-state index is 0.00744. The molecule has 1 aromatic carbocycles. The molecule has 2 N–H and O–H groups in total. The molecule has 0 radical (unpaired) electrons. The fourth-order valence-corrected chi connectivity index (χ4v) is 8.70. The summed E-state index contributed by atoms with van der Waals surface area (Å²) in [5.41, 5.74) is 5.09. The van der Waals surface area contributed by atoms with Gasteiger partial charge in [0, 0.05) is 53.9 Å². The number of thiazole rings is 1. The first-order valence-corrected chi connectivity index (χ1v) is 20.2. The third kappa shape index (κ3) is 10.3. The molecule has 3 amide bonds. The predicted octanol–water partition coefficient (Wildman–Crippen LogP) is 8.14. The molecule has 4 aliphatic rings. The van der Waals surface area contributed by atoms with Crippen molar-refractivity contribution in [3.8, 4) is 11.3 Å². The molecule has 51 heavy (non-hydrogen) atoms. The highest BCUT2D eigenvalue weighted by atomic mass is 35.5. The Morgan fingerprint density at radius 2 is 1.98 bits per heavy atom. The number of thioether (sulfide) groups is 1. The Labute approximate surface area is 318 Å². The van der Waals surface area contributed by atoms with Crippen LogP contribution in [0.15, 0.2) is 80.0 Å². The predicted molar refractivity (Wildman–Crippen MR) is 208 cm³/mol. The number of carbonyl (C=O) groups excluding carboxylic acids is 3. The minimum atomic E-state index is -0.675. The van der Waals surface area contributed by atoms with E-state index < -0.39 is 17.7 Å². The second-order valence-electron chi connectivity index (χ2n) is 14.4. The summed E-state index contributed by atoms with van der Waals surface area (Å²) in [6.07, 6.45) is 12.7. The van der Waals surface area contributed by atoms with E-state index in [0.29, 0.717) is 29.4 Å². The first-order chi connectivity index (χ1) is 24.4. The van der Waals surface area contributed by atoms with E-state index >= 15 is 0 Å². The van der Waals surface area contributed by atoms with Gasteiger partial charge >= 0.3 is 6.09 Å². The second-order valence-corrected chi connectivity index (χ2v) is 17.4. The Morgan fingerprint density at radius 1 is 1.18 bits per heavy atom. The van der Waals surface area contributed by atoms with Crippen molar-refractivity contribution < 1.29 is 19.1 Å². The Kier molecular flexibility index (Phi) is 12.3. The summed E-state index contributed by atoms with van der Waals surface area (Å²) in [4.78, 5) is 48.5. The number of alkyl halides is 1. The Bertz CT molecular complexity index is 1760. The van der Waals surface area contributed by atoms with Gasteiger partial charge in [0.25, 0.3) is 0 Å². The van der Waals surface area contributed by atoms with E-state index in [1.807, 2.05) is 56.5 Å². The number of hydrogen-bond donors (Lipinski definition) is 2. The highest BCUT2D eigenvalue weighted by Gasteiger charge is 2.38. The molecule has 13 heteroatoms. The maximum Gasteiger partial charge on any atom is 0.411 e. The molecular formula is C38H45Cl2N5O4S2. The zero-order valence-electron chi connectivity index (χ0n) is 29.3. The molecule has 2 aliphatic carbocycles. The first-order valence-electron chi connectivity index (χ1n) is 17.5. The Balaban J connectivity index is 0.995. The molecule has 1 saturated heterocycles. The van der Waals surface area contributed by atoms with E-state index in [0.717, 1.165) is 72.9 Å². The summed E-state index contributed by atoms with van der Waals surface area (Å²) in [6, 6.07) is 7.03. The van der Waals surface area contributed by atoms with Crippen molar-refractivity contribution in [2.24, 2.45) is 0 Å². The van der Waals surface area contributed by atoms with E-state index in [1.165, 1.54) is 34.2 Å². The number of nitrogens with one attached hydrogen (secondary N) is 2. The van der Waals surface area contributed by atoms with Crippen molar-refractivity contribution in [1.82, 2.24) is 20.1 Å². The van der Waals surface area contributed by atoms with Gasteiger partial charge in [0.15, 0.2) is 4.34 Å². The van der Waals surface area contributed by atoms with Gasteiger partial charge in [-0.05, 0) is 88.7 Å². The number of piperidine rings is 1. The average molecular weight is 771 g/mol. The summed E-state index contributed by atoms with van der Waals surface area (Å²) < 4.78 is 6.49. The summed E-state index contributed by atoms with van der Waals surface area (Å²) >= 11 is 15.3. The molecule has 0 spiro atoms. The molecule has 1 aromatic heterocycles. The molecule has 0 bridgehead atoms. The SMILES string of the molecule is CC(C)(C)OC(=O)N1CC2=C(CCC=C2)C[C@H]1C(=O)Nc1cccc(-c2csc(SCC(=O)NC3CCN(CC4=CCC(Cl)C(Cl)=C4)CC3)n2)c1. The van der Waals surface area contributed by atoms with Gasteiger partial charge in [0.05, 0.1) is 16.8 Å². The normalized spacial score (nSPS) is 21.5. The Hall–Kier alpha value is -3.09. The number of likely N-dealkylation sites (tertiary alicyclic amines) is 1. The lowest BCUT2D eigenvalue weighted by Gasteiger charge is -2.38. The number of nitrogens with zero attached hydrogens (tertiary/aromatic N) is 3. The fourth-order valence-electron chi connectivity index (χ4n) is 6.68. The van der Waals surface area contributed by atoms with Crippen LogP contribution in [0.1, 0.15) is 59.3 Å². The molecule has 1 unspecified atom stereocenters. The van der Waals surface area contributed by atoms with E-state index in [2.05, 4.69) is 33.8 Å². The van der Waals surface area contributed by atoms with Crippen molar-refractivity contribution in [3.63, 3.8) is 0 Å². The molecule has 2 aliphatic heterocycles. The number of hydrogen-bond acceptors (Lipinski definition) is 8. The van der Waals surface area contributed by atoms with Crippen LogP contribution >= 0.6 is 46.3 Å². The van der Waals surface area contributed by atoms with Gasteiger partial charge < -0.3 is 15.4 Å². The largest absolute Gasteiger partial charge is 0.444 e. The molecule has 3 heterocycles. The third-order valence-electron chi connectivity index (χ3n) is 9.28. The van der Waals surface area contributed by atoms with Crippen LogP contribution in [-0.2, 0) is 14.3 Å². The zero-order chi connectivity index (χ0) is 36.1. The van der Waals surface area contributed by atoms with Crippen LogP contribution < -0.4 is 10.6 Å². The van der Waals surface area contributed by atoms with Crippen LogP contribution in [0.2, 0.25) is 0 Å². The van der Waals surface area contributed by atoms with Gasteiger partial charge in [-0.1, -0.05) is 59.3 Å². The molecular weight excluding hydrogens is 725 g/mol. The van der Waals surface area contributed by atoms with E-state index in [4.69, 9.17) is 32.9 Å². The lowest BCUT2D eigenvalue weighted by Crippen LogP contribution is -2.52. The standard InChI is InChI=1S/C38H45Cl2N5O4S2/c1-38(2,3)49-37(48)45-21-27-8-5-4-7-25(27)19-33(45)35(47)42-29-10-6-9-26(18-29)32-22-50-36(43-32)51-23-34(46)41-28-13-15-44(16-14-28)20-24-11-12-30(39)31(40)17-24/h5-6,8-11,17-18,22,28,30,33H,4,7,12-16,19-21,23H2,1-3H3,(H,41,46)(H,42,47)/t30?,33-/m0/s1. The number of carbonyl (C=O) groups is 3. The van der Waals surface area contributed by atoms with Crippen LogP contribution in [0.5, 0.6) is 0 Å². The lowest BCUT2D eigenvalue weighted by atomic mass is 9.87. The van der Waals surface area contributed by atoms with Gasteiger partial charge in [-0.15, -0.1) is 22.9 Å². The van der Waals surface area contributed by atoms with Crippen LogP contribution in [0.3, 0.4) is 0 Å². The quantitative estimate of drug-likeness (QED) is 0.196. The maximum absolute atomic E-state index is 13.7. The number of aromatic nitrogens is 1. The number of amides is 3. The van der Waals surface area contributed by atoms with Gasteiger partial charge in [0.1, 0.15) is 11.6 Å². The highest BCUT2D eigenvalue weighted by molar-refractivity contribution is 8.01. The van der Waals surface area contributed by atoms with Gasteiger partial charge in [-0.25, -0.2) is 9.78 Å². The molecule has 9 nitrogen and oxygen atoms in total. The molecule has 1 fully saturated rings. The fraction of sp³-hybridized carbons (Fsp3) is 0.474. The summed E-state index contributed by atoms with van der Waals surface area (Å²) in [5, 5.41) is 8.79. The monoisotopic (exact) mass is 769 g/mol. The summed E-state index contributed by atoms with van der Waals surface area (Å²) in [5.74, 6) is 0.0506. The van der Waals surface area contributed by atoms with Crippen LogP contribution in [0.25, 0.3) is 11.3 Å². The zero-order valence-corrected chi connectivity index (χ0v) is 32.4. The summed E-state index contributed by atoms with van der Waals surface area (Å²) in [6.45, 7) is 8.51. The average Bonchev–Trinajstić information content (AvgIpc) is 3.58. The van der Waals surface area contributed by atoms with E-state index in [1.54, 1.807) is 4.90 Å². The van der Waals surface area contributed by atoms with Gasteiger partial charge in [-0.2, -0.15) is 0 Å². The topological polar surface area (TPSA) is 104 Å². The molecule has 6 rings (SSSR count). The van der Waals surface area contributed by atoms with E-state index in [-0.39, 0.29) is 23.2 Å². The molecule has 2 aromatic rings. The number of ether oxygens (including phenoxy) is 1. The van der Waals surface area contributed by atoms with Crippen molar-refractivity contribution in [2.45, 2.75) is 86.7 Å². The highest BCUT2D eigenvalue weighted by Crippen LogP contribution is 2.33. The maximum atomic E-state index is 13.7. The van der Waals surface area contributed by atoms with Crippen LogP contribution in [0, 0.1) is 0 Å². The lowest BCUT2D eigenvalue weighted by molar-refractivity contribution is -0.121. The number of benzene rings is 1. The van der Waals surface area contributed by atoms with Crippen molar-refractivity contribution in [3.05, 3.63) is 75.7 Å². The summed E-state index contributed by atoms with van der Waals surface area (Å²) in [7, 11) is 0. The minimum Gasteiger partial charge on any atom is -0.444 e. The van der Waals surface area contributed by atoms with Crippen LogP contribution in [-0.4, -0.2) is 87.7 Å². The number of anilines is 1. The number of allylic oxidation sites excluding steroid dienone is 3. The van der Waals surface area contributed by atoms with Gasteiger partial charge in [-0.3, -0.25) is 19.4 Å². The van der Waals surface area contributed by atoms with E-state index in [9.17, 15) is 14.4 Å². The smallest absolute Gasteiger partial charge is 0.411 e.